The minimum Gasteiger partial charge on any atom is -0.469 e. The maximum absolute atomic E-state index is 11.0. The van der Waals surface area contributed by atoms with E-state index in [1.54, 1.807) is 0 Å². The average molecular weight is 242 g/mol. The standard InChI is InChI=1S/C13H26N2O2/c1-3-11-6-8-15(12(9-11)10-14)7-4-5-13(16)17-2/h11-12H,3-10,14H2,1-2H3. The molecular weight excluding hydrogens is 216 g/mol. The highest BCUT2D eigenvalue weighted by Crippen LogP contribution is 2.24. The molecule has 2 N–H and O–H groups in total. The summed E-state index contributed by atoms with van der Waals surface area (Å²) in [6.07, 6.45) is 5.13. The number of ether oxygens (including phenoxy) is 1. The molecule has 0 amide bonds. The van der Waals surface area contributed by atoms with Crippen LogP contribution in [0.1, 0.15) is 39.0 Å². The molecule has 1 saturated heterocycles. The van der Waals surface area contributed by atoms with Gasteiger partial charge in [0.15, 0.2) is 0 Å². The predicted octanol–water partition coefficient (Wildman–Crippen LogP) is 1.39. The third kappa shape index (κ3) is 4.64. The van der Waals surface area contributed by atoms with Gasteiger partial charge in [-0.15, -0.1) is 0 Å². The molecule has 0 radical (unpaired) electrons. The Kier molecular flexibility index (Phi) is 6.52. The second-order valence-electron chi connectivity index (χ2n) is 4.90. The second-order valence-corrected chi connectivity index (χ2v) is 4.90. The van der Waals surface area contributed by atoms with Gasteiger partial charge in [0.05, 0.1) is 7.11 Å². The Balaban J connectivity index is 2.29. The number of nitrogens with zero attached hydrogens (tertiary/aromatic N) is 1. The molecule has 0 aromatic heterocycles. The largest absolute Gasteiger partial charge is 0.469 e. The highest BCUT2D eigenvalue weighted by Gasteiger charge is 2.26. The summed E-state index contributed by atoms with van der Waals surface area (Å²) in [6.45, 7) is 5.08. The predicted molar refractivity (Wildman–Crippen MR) is 68.7 cm³/mol. The van der Waals surface area contributed by atoms with E-state index in [2.05, 4.69) is 16.6 Å². The number of carbonyl (C=O) groups is 1. The minimum atomic E-state index is -0.113. The Morgan fingerprint density at radius 2 is 2.29 bits per heavy atom. The molecule has 1 aliphatic rings. The lowest BCUT2D eigenvalue weighted by Crippen LogP contribution is -2.46. The molecule has 100 valence electrons. The molecule has 0 saturated carbocycles. The van der Waals surface area contributed by atoms with Crippen molar-refractivity contribution in [2.24, 2.45) is 11.7 Å². The van der Waals surface area contributed by atoms with Crippen molar-refractivity contribution in [1.82, 2.24) is 4.90 Å². The second kappa shape index (κ2) is 7.67. The first kappa shape index (κ1) is 14.5. The maximum atomic E-state index is 11.0. The average Bonchev–Trinajstić information content (AvgIpc) is 2.38. The number of hydrogen-bond donors (Lipinski definition) is 1. The monoisotopic (exact) mass is 242 g/mol. The molecule has 0 aliphatic carbocycles. The Morgan fingerprint density at radius 3 is 2.88 bits per heavy atom. The van der Waals surface area contributed by atoms with E-state index in [9.17, 15) is 4.79 Å². The molecule has 1 fully saturated rings. The lowest BCUT2D eigenvalue weighted by Gasteiger charge is -2.38. The number of likely N-dealkylation sites (tertiary alicyclic amines) is 1. The SMILES string of the molecule is CCC1CCN(CCCC(=O)OC)C(CN)C1. The fourth-order valence-corrected chi connectivity index (χ4v) is 2.62. The molecule has 1 aliphatic heterocycles. The van der Waals surface area contributed by atoms with E-state index < -0.39 is 0 Å². The molecule has 0 bridgehead atoms. The van der Waals surface area contributed by atoms with Crippen molar-refractivity contribution in [3.8, 4) is 0 Å². The van der Waals surface area contributed by atoms with Gasteiger partial charge < -0.3 is 10.5 Å². The number of nitrogens with two attached hydrogens (primary N) is 1. The summed E-state index contributed by atoms with van der Waals surface area (Å²) in [5, 5.41) is 0. The van der Waals surface area contributed by atoms with Gasteiger partial charge in [-0.2, -0.15) is 0 Å². The number of carbonyl (C=O) groups excluding carboxylic acids is 1. The third-order valence-electron chi connectivity index (χ3n) is 3.85. The van der Waals surface area contributed by atoms with Crippen molar-refractivity contribution in [2.45, 2.75) is 45.1 Å². The number of rotatable bonds is 6. The first-order valence-corrected chi connectivity index (χ1v) is 6.72. The van der Waals surface area contributed by atoms with Crippen LogP contribution in [0.2, 0.25) is 0 Å². The van der Waals surface area contributed by atoms with Crippen LogP contribution in [0, 0.1) is 5.92 Å². The van der Waals surface area contributed by atoms with Gasteiger partial charge in [0.1, 0.15) is 0 Å². The molecule has 0 aromatic rings. The Bertz CT molecular complexity index is 233. The highest BCUT2D eigenvalue weighted by atomic mass is 16.5. The van der Waals surface area contributed by atoms with Crippen LogP contribution in [0.15, 0.2) is 0 Å². The maximum Gasteiger partial charge on any atom is 0.305 e. The van der Waals surface area contributed by atoms with Crippen molar-refractivity contribution < 1.29 is 9.53 Å². The molecule has 0 aromatic carbocycles. The van der Waals surface area contributed by atoms with E-state index in [-0.39, 0.29) is 5.97 Å². The summed E-state index contributed by atoms with van der Waals surface area (Å²) in [5.74, 6) is 0.721. The van der Waals surface area contributed by atoms with Crippen LogP contribution in [0.5, 0.6) is 0 Å². The summed E-state index contributed by atoms with van der Waals surface area (Å²) in [4.78, 5) is 13.5. The Labute approximate surface area is 104 Å². The van der Waals surface area contributed by atoms with Gasteiger partial charge in [0.25, 0.3) is 0 Å². The van der Waals surface area contributed by atoms with E-state index >= 15 is 0 Å². The molecular formula is C13H26N2O2. The summed E-state index contributed by atoms with van der Waals surface area (Å²) < 4.78 is 4.65. The van der Waals surface area contributed by atoms with E-state index in [0.29, 0.717) is 12.5 Å². The number of hydrogen-bond acceptors (Lipinski definition) is 4. The van der Waals surface area contributed by atoms with Crippen LogP contribution < -0.4 is 5.73 Å². The van der Waals surface area contributed by atoms with Crippen molar-refractivity contribution in [2.75, 3.05) is 26.7 Å². The number of piperidine rings is 1. The molecule has 0 spiro atoms. The van der Waals surface area contributed by atoms with Gasteiger partial charge in [-0.25, -0.2) is 0 Å². The van der Waals surface area contributed by atoms with Crippen LogP contribution in [0.4, 0.5) is 0 Å². The van der Waals surface area contributed by atoms with Crippen molar-refractivity contribution in [3.63, 3.8) is 0 Å². The first-order valence-electron chi connectivity index (χ1n) is 6.72. The highest BCUT2D eigenvalue weighted by molar-refractivity contribution is 5.69. The molecule has 17 heavy (non-hydrogen) atoms. The molecule has 2 atom stereocenters. The summed E-state index contributed by atoms with van der Waals surface area (Å²) in [7, 11) is 1.44. The van der Waals surface area contributed by atoms with Crippen molar-refractivity contribution in [1.29, 1.82) is 0 Å². The van der Waals surface area contributed by atoms with Crippen LogP contribution >= 0.6 is 0 Å². The smallest absolute Gasteiger partial charge is 0.305 e. The summed E-state index contributed by atoms with van der Waals surface area (Å²) >= 11 is 0. The van der Waals surface area contributed by atoms with Gasteiger partial charge in [0.2, 0.25) is 0 Å². The molecule has 1 rings (SSSR count). The van der Waals surface area contributed by atoms with E-state index in [1.165, 1.54) is 26.4 Å². The van der Waals surface area contributed by atoms with Gasteiger partial charge in [0, 0.05) is 19.0 Å². The molecule has 1 heterocycles. The van der Waals surface area contributed by atoms with Crippen molar-refractivity contribution in [3.05, 3.63) is 0 Å². The normalized spacial score (nSPS) is 25.8. The lowest BCUT2D eigenvalue weighted by molar-refractivity contribution is -0.140. The summed E-state index contributed by atoms with van der Waals surface area (Å²) in [6, 6.07) is 0.506. The van der Waals surface area contributed by atoms with Crippen molar-refractivity contribution >= 4 is 5.97 Å². The number of methoxy groups -OCH3 is 1. The quantitative estimate of drug-likeness (QED) is 0.715. The molecule has 4 heteroatoms. The van der Waals surface area contributed by atoms with Crippen LogP contribution in [0.3, 0.4) is 0 Å². The minimum absolute atomic E-state index is 0.113. The van der Waals surface area contributed by atoms with Gasteiger partial charge in [-0.3, -0.25) is 9.69 Å². The molecule has 2 unspecified atom stereocenters. The van der Waals surface area contributed by atoms with Gasteiger partial charge in [-0.1, -0.05) is 13.3 Å². The van der Waals surface area contributed by atoms with Crippen LogP contribution in [0.25, 0.3) is 0 Å². The fraction of sp³-hybridized carbons (Fsp3) is 0.923. The Morgan fingerprint density at radius 1 is 1.53 bits per heavy atom. The first-order chi connectivity index (χ1) is 8.21. The zero-order valence-corrected chi connectivity index (χ0v) is 11.2. The number of esters is 1. The van der Waals surface area contributed by atoms with Gasteiger partial charge in [-0.05, 0) is 38.3 Å². The zero-order valence-electron chi connectivity index (χ0n) is 11.2. The van der Waals surface area contributed by atoms with Crippen LogP contribution in [-0.4, -0.2) is 43.7 Å². The third-order valence-corrected chi connectivity index (χ3v) is 3.85. The van der Waals surface area contributed by atoms with E-state index in [1.807, 2.05) is 0 Å². The molecule has 4 nitrogen and oxygen atoms in total. The van der Waals surface area contributed by atoms with Crippen LogP contribution in [-0.2, 0) is 9.53 Å². The lowest BCUT2D eigenvalue weighted by atomic mass is 9.89. The fourth-order valence-electron chi connectivity index (χ4n) is 2.62. The van der Waals surface area contributed by atoms with E-state index in [0.717, 1.165) is 32.0 Å². The topological polar surface area (TPSA) is 55.6 Å². The van der Waals surface area contributed by atoms with Gasteiger partial charge >= 0.3 is 5.97 Å². The Hall–Kier alpha value is -0.610. The zero-order chi connectivity index (χ0) is 12.7. The van der Waals surface area contributed by atoms with E-state index in [4.69, 9.17) is 5.73 Å². The summed E-state index contributed by atoms with van der Waals surface area (Å²) in [5.41, 5.74) is 5.83.